The van der Waals surface area contributed by atoms with Gasteiger partial charge in [-0.1, -0.05) is 0 Å². The van der Waals surface area contributed by atoms with Crippen LogP contribution in [0.15, 0.2) is 18.3 Å². The summed E-state index contributed by atoms with van der Waals surface area (Å²) >= 11 is 0. The molecule has 0 fully saturated rings. The molecule has 2 rings (SSSR count). The second-order valence-corrected chi connectivity index (χ2v) is 6.53. The number of methoxy groups -OCH3 is 1. The Morgan fingerprint density at radius 1 is 1.38 bits per heavy atom. The molecule has 0 unspecified atom stereocenters. The highest BCUT2D eigenvalue weighted by atomic mass is 16.6. The van der Waals surface area contributed by atoms with Gasteiger partial charge in [-0.3, -0.25) is 5.10 Å². The van der Waals surface area contributed by atoms with Gasteiger partial charge in [0.05, 0.1) is 19.4 Å². The molecule has 9 nitrogen and oxygen atoms in total. The Morgan fingerprint density at radius 2 is 2.15 bits per heavy atom. The summed E-state index contributed by atoms with van der Waals surface area (Å²) < 4.78 is 16.3. The number of hydrogen-bond donors (Lipinski definition) is 3. The Labute approximate surface area is 152 Å². The first-order valence-corrected chi connectivity index (χ1v) is 8.24. The van der Waals surface area contributed by atoms with Crippen LogP contribution in [0.3, 0.4) is 0 Å². The van der Waals surface area contributed by atoms with E-state index in [-0.39, 0.29) is 0 Å². The zero-order valence-electron chi connectivity index (χ0n) is 15.5. The quantitative estimate of drug-likeness (QED) is 0.645. The van der Waals surface area contributed by atoms with Crippen LogP contribution >= 0.6 is 0 Å². The van der Waals surface area contributed by atoms with Crippen LogP contribution in [0.5, 0.6) is 11.6 Å². The molecule has 9 heteroatoms. The van der Waals surface area contributed by atoms with Gasteiger partial charge in [0.15, 0.2) is 0 Å². The Morgan fingerprint density at radius 3 is 2.77 bits per heavy atom. The number of ether oxygens (including phenoxy) is 3. The Kier molecular flexibility index (Phi) is 6.26. The van der Waals surface area contributed by atoms with Crippen molar-refractivity contribution >= 4 is 11.9 Å². The van der Waals surface area contributed by atoms with Crippen LogP contribution in [0.2, 0.25) is 0 Å². The number of nitrogen functional groups attached to an aromatic ring is 1. The topological polar surface area (TPSA) is 124 Å². The molecular weight excluding hydrogens is 338 g/mol. The van der Waals surface area contributed by atoms with Gasteiger partial charge in [0, 0.05) is 18.8 Å². The molecule has 26 heavy (non-hydrogen) atoms. The summed E-state index contributed by atoms with van der Waals surface area (Å²) in [6, 6.07) is 3.41. The minimum absolute atomic E-state index is 0.360. The van der Waals surface area contributed by atoms with E-state index in [4.69, 9.17) is 19.9 Å². The van der Waals surface area contributed by atoms with Crippen molar-refractivity contribution in [1.82, 2.24) is 20.5 Å². The number of aromatic nitrogens is 3. The Hall–Kier alpha value is -2.97. The van der Waals surface area contributed by atoms with Gasteiger partial charge in [0.1, 0.15) is 22.7 Å². The van der Waals surface area contributed by atoms with Gasteiger partial charge in [-0.25, -0.2) is 9.78 Å². The lowest BCUT2D eigenvalue weighted by atomic mass is 10.2. The van der Waals surface area contributed by atoms with Crippen molar-refractivity contribution in [2.75, 3.05) is 26.0 Å². The molecule has 4 N–H and O–H groups in total. The normalized spacial score (nSPS) is 11.1. The molecule has 0 bridgehead atoms. The Bertz CT molecular complexity index is 739. The van der Waals surface area contributed by atoms with Gasteiger partial charge in [-0.2, -0.15) is 5.10 Å². The number of rotatable bonds is 7. The summed E-state index contributed by atoms with van der Waals surface area (Å²) in [6.07, 6.45) is 1.75. The summed E-state index contributed by atoms with van der Waals surface area (Å²) in [4.78, 5) is 15.8. The predicted molar refractivity (Wildman–Crippen MR) is 97.1 cm³/mol. The molecule has 0 spiro atoms. The van der Waals surface area contributed by atoms with Gasteiger partial charge in [-0.05, 0) is 33.3 Å². The minimum atomic E-state index is -0.519. The minimum Gasteiger partial charge on any atom is -0.493 e. The van der Waals surface area contributed by atoms with E-state index in [1.165, 1.54) is 7.11 Å². The van der Waals surface area contributed by atoms with Crippen LogP contribution in [0.25, 0.3) is 11.3 Å². The summed E-state index contributed by atoms with van der Waals surface area (Å²) in [5, 5.41) is 9.43. The molecule has 0 aliphatic carbocycles. The number of nitrogens with zero attached hydrogens (tertiary/aromatic N) is 2. The number of amides is 1. The molecule has 0 aliphatic heterocycles. The lowest BCUT2D eigenvalue weighted by molar-refractivity contribution is 0.0525. The predicted octanol–water partition coefficient (Wildman–Crippen LogP) is 2.36. The third kappa shape index (κ3) is 5.54. The first-order chi connectivity index (χ1) is 12.3. The van der Waals surface area contributed by atoms with E-state index in [0.29, 0.717) is 48.3 Å². The van der Waals surface area contributed by atoms with Crippen molar-refractivity contribution in [2.24, 2.45) is 0 Å². The molecule has 2 aromatic rings. The van der Waals surface area contributed by atoms with Crippen LogP contribution in [-0.4, -0.2) is 47.1 Å². The molecule has 0 aliphatic rings. The summed E-state index contributed by atoms with van der Waals surface area (Å²) in [5.74, 6) is 1.34. The molecule has 0 atom stereocenters. The van der Waals surface area contributed by atoms with Crippen molar-refractivity contribution in [3.05, 3.63) is 18.3 Å². The lowest BCUT2D eigenvalue weighted by Gasteiger charge is -2.19. The number of H-pyrrole nitrogens is 1. The molecule has 0 aromatic carbocycles. The zero-order valence-corrected chi connectivity index (χ0v) is 15.5. The summed E-state index contributed by atoms with van der Waals surface area (Å²) in [6.45, 7) is 6.27. The lowest BCUT2D eigenvalue weighted by Crippen LogP contribution is -2.33. The summed E-state index contributed by atoms with van der Waals surface area (Å²) in [7, 11) is 1.53. The number of carbonyl (C=O) groups is 1. The van der Waals surface area contributed by atoms with Crippen LogP contribution in [0.4, 0.5) is 10.6 Å². The van der Waals surface area contributed by atoms with E-state index < -0.39 is 11.7 Å². The highest BCUT2D eigenvalue weighted by Gasteiger charge is 2.17. The Balaban J connectivity index is 1.93. The van der Waals surface area contributed by atoms with Crippen molar-refractivity contribution in [1.29, 1.82) is 0 Å². The van der Waals surface area contributed by atoms with E-state index >= 15 is 0 Å². The fourth-order valence-electron chi connectivity index (χ4n) is 2.17. The highest BCUT2D eigenvalue weighted by molar-refractivity contribution is 5.73. The average Bonchev–Trinajstić information content (AvgIpc) is 2.98. The number of anilines is 1. The molecule has 1 amide bonds. The van der Waals surface area contributed by atoms with Crippen LogP contribution < -0.4 is 20.5 Å². The maximum atomic E-state index is 11.6. The number of hydrogen-bond acceptors (Lipinski definition) is 7. The number of pyridine rings is 1. The largest absolute Gasteiger partial charge is 0.493 e. The van der Waals surface area contributed by atoms with E-state index in [9.17, 15) is 4.79 Å². The molecule has 0 saturated heterocycles. The average molecular weight is 363 g/mol. The fraction of sp³-hybridized carbons (Fsp3) is 0.471. The van der Waals surface area contributed by atoms with Crippen molar-refractivity contribution in [2.45, 2.75) is 32.8 Å². The first kappa shape index (κ1) is 19.4. The van der Waals surface area contributed by atoms with Crippen LogP contribution in [-0.2, 0) is 4.74 Å². The SMILES string of the molecule is COc1nccc(OCCCNC(=O)OC(C)(C)C)c1-c1cc(N)n[nH]1. The standard InChI is InChI=1S/C17H25N5O4/c1-17(2,3)26-16(23)20-7-5-9-25-12-6-8-19-15(24-4)14(12)11-10-13(18)22-21-11/h6,8,10H,5,7,9H2,1-4H3,(H,20,23)(H3,18,21,22). The van der Waals surface area contributed by atoms with E-state index in [2.05, 4.69) is 20.5 Å². The third-order valence-corrected chi connectivity index (χ3v) is 3.19. The van der Waals surface area contributed by atoms with Gasteiger partial charge in [0.2, 0.25) is 5.88 Å². The van der Waals surface area contributed by atoms with Crippen molar-refractivity contribution in [3.63, 3.8) is 0 Å². The van der Waals surface area contributed by atoms with E-state index in [0.717, 1.165) is 0 Å². The highest BCUT2D eigenvalue weighted by Crippen LogP contribution is 2.36. The first-order valence-electron chi connectivity index (χ1n) is 8.24. The number of nitrogens with two attached hydrogens (primary N) is 1. The maximum Gasteiger partial charge on any atom is 0.407 e. The fourth-order valence-corrected chi connectivity index (χ4v) is 2.17. The third-order valence-electron chi connectivity index (χ3n) is 3.19. The van der Waals surface area contributed by atoms with Crippen LogP contribution in [0.1, 0.15) is 27.2 Å². The maximum absolute atomic E-state index is 11.6. The zero-order chi connectivity index (χ0) is 19.2. The molecule has 2 heterocycles. The van der Waals surface area contributed by atoms with Gasteiger partial charge < -0.3 is 25.3 Å². The van der Waals surface area contributed by atoms with Gasteiger partial charge >= 0.3 is 6.09 Å². The molecular formula is C17H25N5O4. The van der Waals surface area contributed by atoms with Gasteiger partial charge in [0.25, 0.3) is 0 Å². The van der Waals surface area contributed by atoms with Crippen LogP contribution in [0, 0.1) is 0 Å². The molecule has 142 valence electrons. The number of carbonyl (C=O) groups excluding carboxylic acids is 1. The summed E-state index contributed by atoms with van der Waals surface area (Å²) in [5.41, 5.74) is 6.44. The molecule has 0 saturated carbocycles. The van der Waals surface area contributed by atoms with E-state index in [1.807, 2.05) is 20.8 Å². The second-order valence-electron chi connectivity index (χ2n) is 6.53. The monoisotopic (exact) mass is 363 g/mol. The van der Waals surface area contributed by atoms with Crippen molar-refractivity contribution < 1.29 is 19.0 Å². The van der Waals surface area contributed by atoms with E-state index in [1.54, 1.807) is 18.3 Å². The smallest absolute Gasteiger partial charge is 0.407 e. The molecule has 0 radical (unpaired) electrons. The number of nitrogens with one attached hydrogen (secondary N) is 2. The second kappa shape index (κ2) is 8.41. The van der Waals surface area contributed by atoms with Crippen molar-refractivity contribution in [3.8, 4) is 22.9 Å². The molecule has 2 aromatic heterocycles. The van der Waals surface area contributed by atoms with Gasteiger partial charge in [-0.15, -0.1) is 0 Å². The number of alkyl carbamates (subject to hydrolysis) is 1. The number of aromatic amines is 1.